The quantitative estimate of drug-likeness (QED) is 0.255. The van der Waals surface area contributed by atoms with Crippen molar-refractivity contribution in [2.45, 2.75) is 24.9 Å². The number of anilines is 1. The molecule has 0 fully saturated rings. The molecule has 11 heteroatoms. The lowest BCUT2D eigenvalue weighted by Crippen LogP contribution is -2.17. The van der Waals surface area contributed by atoms with Gasteiger partial charge in [-0.25, -0.2) is 4.98 Å². The lowest BCUT2D eigenvalue weighted by molar-refractivity contribution is -0.384. The minimum Gasteiger partial charge on any atom is -0.319 e. The Morgan fingerprint density at radius 3 is 2.77 bits per heavy atom. The highest BCUT2D eigenvalue weighted by Crippen LogP contribution is 2.36. The maximum atomic E-state index is 12.2. The van der Waals surface area contributed by atoms with Gasteiger partial charge in [-0.1, -0.05) is 41.0 Å². The van der Waals surface area contributed by atoms with E-state index in [-0.39, 0.29) is 22.7 Å². The first kappa shape index (κ1) is 20.6. The number of nitro groups is 1. The van der Waals surface area contributed by atoms with Gasteiger partial charge >= 0.3 is 0 Å². The van der Waals surface area contributed by atoms with Crippen LogP contribution >= 0.6 is 43.6 Å². The Labute approximate surface area is 169 Å². The number of amides is 1. The first-order valence-corrected chi connectivity index (χ1v) is 10.0. The topological polar surface area (TPSA) is 118 Å². The number of nitrogens with one attached hydrogen (secondary N) is 2. The summed E-state index contributed by atoms with van der Waals surface area (Å²) in [5, 5.41) is 14.0. The predicted molar refractivity (Wildman–Crippen MR) is 107 cm³/mol. The molecule has 0 unspecified atom stereocenters. The van der Waals surface area contributed by atoms with Gasteiger partial charge in [0.05, 0.1) is 10.7 Å². The van der Waals surface area contributed by atoms with Crippen molar-refractivity contribution in [1.82, 2.24) is 9.97 Å². The van der Waals surface area contributed by atoms with Crippen molar-refractivity contribution in [3.05, 3.63) is 53.3 Å². The number of rotatable bonds is 7. The van der Waals surface area contributed by atoms with E-state index in [1.165, 1.54) is 12.1 Å². The highest BCUT2D eigenvalue weighted by atomic mass is 79.9. The van der Waals surface area contributed by atoms with Crippen LogP contribution in [0.5, 0.6) is 0 Å². The van der Waals surface area contributed by atoms with Crippen LogP contribution in [0.3, 0.4) is 0 Å². The Bertz CT molecular complexity index is 904. The third-order valence-corrected chi connectivity index (χ3v) is 5.07. The first-order chi connectivity index (χ1) is 12.3. The van der Waals surface area contributed by atoms with Gasteiger partial charge in [-0.15, -0.1) is 0 Å². The Kier molecular flexibility index (Phi) is 7.35. The van der Waals surface area contributed by atoms with Crippen molar-refractivity contribution in [2.75, 3.05) is 11.1 Å². The number of aryl methyl sites for hydroxylation is 1. The van der Waals surface area contributed by atoms with E-state index in [0.29, 0.717) is 26.2 Å². The molecule has 0 aliphatic heterocycles. The Morgan fingerprint density at radius 1 is 1.38 bits per heavy atom. The van der Waals surface area contributed by atoms with Crippen LogP contribution < -0.4 is 10.9 Å². The van der Waals surface area contributed by atoms with Crippen molar-refractivity contribution in [3.63, 3.8) is 0 Å². The predicted octanol–water partition coefficient (Wildman–Crippen LogP) is 3.89. The van der Waals surface area contributed by atoms with Gasteiger partial charge in [-0.3, -0.25) is 19.7 Å². The van der Waals surface area contributed by atoms with Crippen LogP contribution in [0, 0.1) is 10.1 Å². The van der Waals surface area contributed by atoms with Crippen molar-refractivity contribution < 1.29 is 9.72 Å². The summed E-state index contributed by atoms with van der Waals surface area (Å²) in [6, 6.07) is 4.33. The Balaban J connectivity index is 2.11. The summed E-state index contributed by atoms with van der Waals surface area (Å²) < 4.78 is 0.895. The average molecular weight is 506 g/mol. The fraction of sp³-hybridized carbons (Fsp3) is 0.267. The molecule has 26 heavy (non-hydrogen) atoms. The zero-order valence-electron chi connectivity index (χ0n) is 13.5. The smallest absolute Gasteiger partial charge is 0.295 e. The minimum absolute atomic E-state index is 0.0574. The van der Waals surface area contributed by atoms with Crippen LogP contribution in [0.25, 0.3) is 0 Å². The molecule has 2 N–H and O–H groups in total. The van der Waals surface area contributed by atoms with Crippen LogP contribution in [-0.2, 0) is 11.2 Å². The molecular formula is C15H14Br2N4O4S. The van der Waals surface area contributed by atoms with E-state index >= 15 is 0 Å². The van der Waals surface area contributed by atoms with Crippen LogP contribution in [0.15, 0.2) is 37.1 Å². The molecule has 0 bridgehead atoms. The number of hydrogen-bond acceptors (Lipinski definition) is 6. The van der Waals surface area contributed by atoms with Crippen molar-refractivity contribution >= 4 is 60.9 Å². The maximum absolute atomic E-state index is 12.2. The lowest BCUT2D eigenvalue weighted by atomic mass is 10.2. The molecule has 0 spiro atoms. The molecule has 1 heterocycles. The van der Waals surface area contributed by atoms with E-state index in [0.717, 1.165) is 18.2 Å². The second-order valence-electron chi connectivity index (χ2n) is 5.17. The number of nitrogens with zero attached hydrogens (tertiary/aromatic N) is 2. The van der Waals surface area contributed by atoms with Crippen LogP contribution in [0.2, 0.25) is 0 Å². The summed E-state index contributed by atoms with van der Waals surface area (Å²) in [7, 11) is 0. The van der Waals surface area contributed by atoms with Gasteiger partial charge < -0.3 is 10.3 Å². The third kappa shape index (κ3) is 5.64. The molecule has 138 valence electrons. The average Bonchev–Trinajstić information content (AvgIpc) is 2.55. The minimum atomic E-state index is -0.578. The van der Waals surface area contributed by atoms with Crippen LogP contribution in [-0.4, -0.2) is 26.6 Å². The summed E-state index contributed by atoms with van der Waals surface area (Å²) in [6.45, 7) is 1.98. The number of H-pyrrole nitrogens is 1. The van der Waals surface area contributed by atoms with E-state index in [1.807, 2.05) is 6.92 Å². The third-order valence-electron chi connectivity index (χ3n) is 3.11. The zero-order chi connectivity index (χ0) is 19.3. The van der Waals surface area contributed by atoms with E-state index in [9.17, 15) is 19.7 Å². The SMILES string of the molecule is CCCc1cc(=O)[nH]c(SCC(=O)Nc2c(Br)cc(Br)cc2[N+](=O)[O-])n1. The van der Waals surface area contributed by atoms with Gasteiger partial charge in [0.1, 0.15) is 5.69 Å². The zero-order valence-corrected chi connectivity index (χ0v) is 17.5. The summed E-state index contributed by atoms with van der Waals surface area (Å²) >= 11 is 7.44. The van der Waals surface area contributed by atoms with Gasteiger partial charge in [0.25, 0.3) is 11.2 Å². The summed E-state index contributed by atoms with van der Waals surface area (Å²) in [5.74, 6) is -0.511. The van der Waals surface area contributed by atoms with E-state index < -0.39 is 10.8 Å². The fourth-order valence-electron chi connectivity index (χ4n) is 2.07. The molecule has 1 amide bonds. The Hall–Kier alpha value is -1.72. The molecule has 2 aromatic rings. The van der Waals surface area contributed by atoms with Crippen molar-refractivity contribution in [1.29, 1.82) is 0 Å². The lowest BCUT2D eigenvalue weighted by Gasteiger charge is -2.09. The van der Waals surface area contributed by atoms with Crippen molar-refractivity contribution in [3.8, 4) is 0 Å². The molecule has 1 aromatic carbocycles. The second kappa shape index (κ2) is 9.28. The summed E-state index contributed by atoms with van der Waals surface area (Å²) in [6.07, 6.45) is 1.52. The summed E-state index contributed by atoms with van der Waals surface area (Å²) in [5.41, 5.74) is 0.217. The standard InChI is InChI=1S/C15H14Br2N4O4S/c1-2-3-9-6-12(22)20-15(18-9)26-7-13(23)19-14-10(17)4-8(16)5-11(14)21(24)25/h4-6H,2-3,7H2,1H3,(H,19,23)(H,18,20,22). The molecule has 0 aliphatic carbocycles. The van der Waals surface area contributed by atoms with Gasteiger partial charge in [-0.2, -0.15) is 0 Å². The van der Waals surface area contributed by atoms with E-state index in [2.05, 4.69) is 47.1 Å². The first-order valence-electron chi connectivity index (χ1n) is 7.46. The largest absolute Gasteiger partial charge is 0.319 e. The fourth-order valence-corrected chi connectivity index (χ4v) is 4.07. The molecule has 0 radical (unpaired) electrons. The number of benzene rings is 1. The molecule has 0 saturated carbocycles. The normalized spacial score (nSPS) is 10.6. The number of aromatic nitrogens is 2. The molecule has 1 aromatic heterocycles. The van der Waals surface area contributed by atoms with Crippen molar-refractivity contribution in [2.24, 2.45) is 0 Å². The number of hydrogen-bond donors (Lipinski definition) is 2. The van der Waals surface area contributed by atoms with Crippen LogP contribution in [0.1, 0.15) is 19.0 Å². The van der Waals surface area contributed by atoms with Gasteiger partial charge in [0.15, 0.2) is 5.16 Å². The van der Waals surface area contributed by atoms with E-state index in [1.54, 1.807) is 6.07 Å². The highest BCUT2D eigenvalue weighted by Gasteiger charge is 2.20. The summed E-state index contributed by atoms with van der Waals surface area (Å²) in [4.78, 5) is 41.3. The molecule has 0 saturated heterocycles. The molecule has 8 nitrogen and oxygen atoms in total. The molecule has 2 rings (SSSR count). The number of carbonyl (C=O) groups is 1. The number of nitro benzene ring substituents is 1. The van der Waals surface area contributed by atoms with E-state index in [4.69, 9.17) is 0 Å². The molecular weight excluding hydrogens is 492 g/mol. The molecule has 0 aliphatic rings. The second-order valence-corrected chi connectivity index (χ2v) is 7.90. The number of thioether (sulfide) groups is 1. The monoisotopic (exact) mass is 504 g/mol. The highest BCUT2D eigenvalue weighted by molar-refractivity contribution is 9.11. The Morgan fingerprint density at radius 2 is 2.12 bits per heavy atom. The van der Waals surface area contributed by atoms with Gasteiger partial charge in [0.2, 0.25) is 5.91 Å². The van der Waals surface area contributed by atoms with Gasteiger partial charge in [0, 0.05) is 26.8 Å². The van der Waals surface area contributed by atoms with Crippen LogP contribution in [0.4, 0.5) is 11.4 Å². The number of halogens is 2. The maximum Gasteiger partial charge on any atom is 0.295 e. The number of aromatic amines is 1. The molecule has 0 atom stereocenters. The van der Waals surface area contributed by atoms with Gasteiger partial charge in [-0.05, 0) is 28.4 Å². The number of carbonyl (C=O) groups excluding carboxylic acids is 1.